The molecule has 94 valence electrons. The number of nitrogens with zero attached hydrogens (tertiary/aromatic N) is 1. The Morgan fingerprint density at radius 1 is 1.25 bits per heavy atom. The monoisotopic (exact) mass is 230 g/mol. The molecule has 1 N–H and O–H groups in total. The minimum absolute atomic E-state index is 0.220. The molecule has 0 radical (unpaired) electrons. The molecule has 1 rings (SSSR count). The molecule has 1 fully saturated rings. The van der Waals surface area contributed by atoms with E-state index in [1.54, 1.807) is 0 Å². The minimum atomic E-state index is -0.727. The van der Waals surface area contributed by atoms with Crippen molar-refractivity contribution in [2.75, 3.05) is 19.7 Å². The van der Waals surface area contributed by atoms with Crippen LogP contribution in [-0.4, -0.2) is 24.8 Å². The van der Waals surface area contributed by atoms with Crippen LogP contribution < -0.4 is 5.32 Å². The smallest absolute Gasteiger partial charge is 0.294 e. The molecule has 0 unspecified atom stereocenters. The molecular weight excluding hydrogens is 208 g/mol. The summed E-state index contributed by atoms with van der Waals surface area (Å²) in [6.45, 7) is 2.27. The van der Waals surface area contributed by atoms with Gasteiger partial charge in [0.05, 0.1) is 6.61 Å². The first-order valence-corrected chi connectivity index (χ1v) is 6.27. The maximum absolute atomic E-state index is 9.86. The van der Waals surface area contributed by atoms with Gasteiger partial charge in [0.15, 0.2) is 0 Å². The third-order valence-electron chi connectivity index (χ3n) is 3.10. The standard InChI is InChI=1S/C11H22N2O3/c14-13(15)16-9-5-4-8-12-10-11-6-2-1-3-7-11/h11-12H,1-10H2. The number of unbranched alkanes of at least 4 members (excludes halogenated alkanes) is 1. The normalized spacial score (nSPS) is 17.2. The summed E-state index contributed by atoms with van der Waals surface area (Å²) in [5.41, 5.74) is 0. The van der Waals surface area contributed by atoms with Gasteiger partial charge in [0, 0.05) is 0 Å². The van der Waals surface area contributed by atoms with Gasteiger partial charge in [0.2, 0.25) is 0 Å². The molecule has 5 heteroatoms. The van der Waals surface area contributed by atoms with Gasteiger partial charge < -0.3 is 10.2 Å². The van der Waals surface area contributed by atoms with Crippen molar-refractivity contribution >= 4 is 0 Å². The predicted molar refractivity (Wildman–Crippen MR) is 61.6 cm³/mol. The minimum Gasteiger partial charge on any atom is -0.316 e. The van der Waals surface area contributed by atoms with Gasteiger partial charge in [-0.25, -0.2) is 0 Å². The summed E-state index contributed by atoms with van der Waals surface area (Å²) in [6.07, 6.45) is 8.56. The highest BCUT2D eigenvalue weighted by Crippen LogP contribution is 2.22. The number of nitrogens with one attached hydrogen (secondary N) is 1. The lowest BCUT2D eigenvalue weighted by Crippen LogP contribution is -2.25. The summed E-state index contributed by atoms with van der Waals surface area (Å²) in [5.74, 6) is 0.851. The van der Waals surface area contributed by atoms with Crippen molar-refractivity contribution in [1.82, 2.24) is 5.32 Å². The molecule has 0 bridgehead atoms. The van der Waals surface area contributed by atoms with Crippen LogP contribution in [0.25, 0.3) is 0 Å². The lowest BCUT2D eigenvalue weighted by atomic mass is 9.89. The van der Waals surface area contributed by atoms with Crippen LogP contribution in [0.4, 0.5) is 0 Å². The van der Waals surface area contributed by atoms with Crippen LogP contribution in [0.15, 0.2) is 0 Å². The number of hydrogen-bond acceptors (Lipinski definition) is 4. The van der Waals surface area contributed by atoms with E-state index in [0.29, 0.717) is 0 Å². The van der Waals surface area contributed by atoms with E-state index < -0.39 is 5.09 Å². The second-order valence-electron chi connectivity index (χ2n) is 4.47. The van der Waals surface area contributed by atoms with Gasteiger partial charge in [-0.2, -0.15) is 0 Å². The maximum Gasteiger partial charge on any atom is 0.294 e. The molecule has 0 atom stereocenters. The largest absolute Gasteiger partial charge is 0.316 e. The van der Waals surface area contributed by atoms with E-state index in [4.69, 9.17) is 0 Å². The highest BCUT2D eigenvalue weighted by atomic mass is 16.9. The lowest BCUT2D eigenvalue weighted by molar-refractivity contribution is -0.757. The van der Waals surface area contributed by atoms with E-state index in [2.05, 4.69) is 10.2 Å². The molecule has 1 aliphatic rings. The van der Waals surface area contributed by atoms with Crippen molar-refractivity contribution < 1.29 is 9.92 Å². The van der Waals surface area contributed by atoms with Gasteiger partial charge in [-0.3, -0.25) is 0 Å². The predicted octanol–water partition coefficient (Wildman–Crippen LogP) is 2.14. The van der Waals surface area contributed by atoms with Crippen molar-refractivity contribution in [3.05, 3.63) is 10.1 Å². The topological polar surface area (TPSA) is 64.4 Å². The molecule has 0 aromatic carbocycles. The molecule has 0 spiro atoms. The van der Waals surface area contributed by atoms with Crippen LogP contribution in [0, 0.1) is 16.0 Å². The second kappa shape index (κ2) is 8.33. The van der Waals surface area contributed by atoms with E-state index in [1.807, 2.05) is 0 Å². The van der Waals surface area contributed by atoms with Crippen LogP contribution in [-0.2, 0) is 4.84 Å². The number of rotatable bonds is 8. The van der Waals surface area contributed by atoms with E-state index in [0.717, 1.165) is 31.8 Å². The van der Waals surface area contributed by atoms with E-state index in [1.165, 1.54) is 32.1 Å². The molecule has 0 aromatic heterocycles. The van der Waals surface area contributed by atoms with Crippen LogP contribution in [0.3, 0.4) is 0 Å². The molecule has 1 aliphatic carbocycles. The summed E-state index contributed by atoms with van der Waals surface area (Å²) in [5, 5.41) is 12.6. The van der Waals surface area contributed by atoms with Crippen molar-refractivity contribution in [3.63, 3.8) is 0 Å². The van der Waals surface area contributed by atoms with Crippen molar-refractivity contribution in [3.8, 4) is 0 Å². The van der Waals surface area contributed by atoms with Crippen LogP contribution in [0.5, 0.6) is 0 Å². The molecule has 0 aliphatic heterocycles. The second-order valence-corrected chi connectivity index (χ2v) is 4.47. The Labute approximate surface area is 96.7 Å². The van der Waals surface area contributed by atoms with E-state index in [9.17, 15) is 10.1 Å². The van der Waals surface area contributed by atoms with Crippen molar-refractivity contribution in [1.29, 1.82) is 0 Å². The van der Waals surface area contributed by atoms with Crippen molar-refractivity contribution in [2.45, 2.75) is 44.9 Å². The molecule has 5 nitrogen and oxygen atoms in total. The molecular formula is C11H22N2O3. The van der Waals surface area contributed by atoms with Gasteiger partial charge in [0.1, 0.15) is 0 Å². The number of hydrogen-bond donors (Lipinski definition) is 1. The highest BCUT2D eigenvalue weighted by molar-refractivity contribution is 4.67. The van der Waals surface area contributed by atoms with Crippen LogP contribution in [0.1, 0.15) is 44.9 Å². The summed E-state index contributed by atoms with van der Waals surface area (Å²) < 4.78 is 0. The van der Waals surface area contributed by atoms with E-state index in [-0.39, 0.29) is 6.61 Å². The Kier molecular flexibility index (Phi) is 6.88. The molecule has 0 saturated heterocycles. The Hall–Kier alpha value is -0.840. The first-order chi connectivity index (χ1) is 7.79. The van der Waals surface area contributed by atoms with Gasteiger partial charge in [-0.1, -0.05) is 19.3 Å². The van der Waals surface area contributed by atoms with Gasteiger partial charge >= 0.3 is 0 Å². The summed E-state index contributed by atoms with van der Waals surface area (Å²) in [6, 6.07) is 0. The van der Waals surface area contributed by atoms with E-state index >= 15 is 0 Å². The zero-order chi connectivity index (χ0) is 11.6. The average molecular weight is 230 g/mol. The fraction of sp³-hybridized carbons (Fsp3) is 1.00. The van der Waals surface area contributed by atoms with Gasteiger partial charge in [0.25, 0.3) is 5.09 Å². The Balaban J connectivity index is 1.82. The molecule has 0 aromatic rings. The Morgan fingerprint density at radius 3 is 2.69 bits per heavy atom. The maximum atomic E-state index is 9.86. The molecule has 16 heavy (non-hydrogen) atoms. The third kappa shape index (κ3) is 6.61. The van der Waals surface area contributed by atoms with Gasteiger partial charge in [-0.15, -0.1) is 10.1 Å². The zero-order valence-corrected chi connectivity index (χ0v) is 9.82. The van der Waals surface area contributed by atoms with Crippen LogP contribution in [0.2, 0.25) is 0 Å². The third-order valence-corrected chi connectivity index (χ3v) is 3.10. The summed E-state index contributed by atoms with van der Waals surface area (Å²) >= 11 is 0. The van der Waals surface area contributed by atoms with Crippen LogP contribution >= 0.6 is 0 Å². The summed E-state index contributed by atoms with van der Waals surface area (Å²) in [7, 11) is 0. The SMILES string of the molecule is O=[N+]([O-])OCCCCNCC1CCCCC1. The Bertz CT molecular complexity index is 194. The Morgan fingerprint density at radius 2 is 2.00 bits per heavy atom. The van der Waals surface area contributed by atoms with Crippen molar-refractivity contribution in [2.24, 2.45) is 5.92 Å². The lowest BCUT2D eigenvalue weighted by Gasteiger charge is -2.21. The summed E-state index contributed by atoms with van der Waals surface area (Å²) in [4.78, 5) is 14.1. The fourth-order valence-electron chi connectivity index (χ4n) is 2.19. The first kappa shape index (κ1) is 13.2. The average Bonchev–Trinajstić information content (AvgIpc) is 2.29. The fourth-order valence-corrected chi connectivity index (χ4v) is 2.19. The highest BCUT2D eigenvalue weighted by Gasteiger charge is 2.12. The quantitative estimate of drug-likeness (QED) is 0.394. The van der Waals surface area contributed by atoms with Gasteiger partial charge in [-0.05, 0) is 44.7 Å². The molecule has 0 amide bonds. The first-order valence-electron chi connectivity index (χ1n) is 6.27. The molecule has 1 saturated carbocycles. The zero-order valence-electron chi connectivity index (χ0n) is 9.82. The molecule has 0 heterocycles.